The second kappa shape index (κ2) is 8.10. The van der Waals surface area contributed by atoms with Crippen LogP contribution in [0.1, 0.15) is 59.3 Å². The third-order valence-corrected chi connectivity index (χ3v) is 1.96. The Morgan fingerprint density at radius 3 is 2.36 bits per heavy atom. The highest BCUT2D eigenvalue weighted by Crippen LogP contribution is 2.09. The van der Waals surface area contributed by atoms with Crippen LogP contribution in [-0.4, -0.2) is 0 Å². The summed E-state index contributed by atoms with van der Waals surface area (Å²) in [5.74, 6) is 0.873. The van der Waals surface area contributed by atoms with Crippen LogP contribution in [0, 0.1) is 12.3 Å². The Balaban J connectivity index is 2.80. The van der Waals surface area contributed by atoms with Crippen molar-refractivity contribution in [3.8, 4) is 0 Å². The molecule has 0 unspecified atom stereocenters. The van der Waals surface area contributed by atoms with E-state index in [1.54, 1.807) is 0 Å². The van der Waals surface area contributed by atoms with Gasteiger partial charge in [0.15, 0.2) is 0 Å². The third kappa shape index (κ3) is 10.0. The standard InChI is InChI=1S/C11H23/c1-4-5-6-7-8-9-10-11(2)3/h8,11H,4-7,9-10H2,1-3H3. The maximum atomic E-state index is 2.45. The van der Waals surface area contributed by atoms with Gasteiger partial charge in [0, 0.05) is 0 Å². The molecule has 67 valence electrons. The molecule has 0 heteroatoms. The first kappa shape index (κ1) is 11.0. The van der Waals surface area contributed by atoms with Crippen molar-refractivity contribution in [1.82, 2.24) is 0 Å². The van der Waals surface area contributed by atoms with Gasteiger partial charge in [-0.05, 0) is 18.8 Å². The Hall–Kier alpha value is 0. The van der Waals surface area contributed by atoms with Crippen LogP contribution in [0.5, 0.6) is 0 Å². The largest absolute Gasteiger partial charge is 0.0654 e. The Morgan fingerprint density at radius 1 is 1.09 bits per heavy atom. The molecule has 0 atom stereocenters. The van der Waals surface area contributed by atoms with Crippen LogP contribution >= 0.6 is 0 Å². The molecule has 0 aliphatic rings. The van der Waals surface area contributed by atoms with E-state index in [0.29, 0.717) is 0 Å². The highest BCUT2D eigenvalue weighted by Gasteiger charge is 1.93. The molecule has 0 nitrogen and oxygen atoms in total. The summed E-state index contributed by atoms with van der Waals surface area (Å²) >= 11 is 0. The molecule has 0 saturated heterocycles. The minimum Gasteiger partial charge on any atom is -0.0654 e. The maximum Gasteiger partial charge on any atom is -0.0386 e. The van der Waals surface area contributed by atoms with E-state index >= 15 is 0 Å². The molecule has 0 bridgehead atoms. The Morgan fingerprint density at radius 2 is 1.82 bits per heavy atom. The average molecular weight is 155 g/mol. The van der Waals surface area contributed by atoms with Crippen LogP contribution in [-0.2, 0) is 0 Å². The van der Waals surface area contributed by atoms with Gasteiger partial charge in [0.1, 0.15) is 0 Å². The van der Waals surface area contributed by atoms with Crippen molar-refractivity contribution in [2.24, 2.45) is 5.92 Å². The first-order chi connectivity index (χ1) is 5.27. The smallest absolute Gasteiger partial charge is 0.0386 e. The summed E-state index contributed by atoms with van der Waals surface area (Å²) in [6.07, 6.45) is 10.6. The van der Waals surface area contributed by atoms with E-state index in [0.717, 1.165) is 5.92 Å². The molecule has 0 heterocycles. The lowest BCUT2D eigenvalue weighted by Gasteiger charge is -2.02. The van der Waals surface area contributed by atoms with E-state index in [1.165, 1.54) is 38.5 Å². The predicted molar refractivity (Wildman–Crippen MR) is 52.5 cm³/mol. The second-order valence-electron chi connectivity index (χ2n) is 3.76. The Labute approximate surface area is 72.4 Å². The van der Waals surface area contributed by atoms with Gasteiger partial charge in [-0.2, -0.15) is 0 Å². The van der Waals surface area contributed by atoms with Crippen molar-refractivity contribution in [3.63, 3.8) is 0 Å². The third-order valence-electron chi connectivity index (χ3n) is 1.96. The first-order valence-corrected chi connectivity index (χ1v) is 5.09. The molecule has 11 heavy (non-hydrogen) atoms. The van der Waals surface area contributed by atoms with Gasteiger partial charge in [-0.1, -0.05) is 52.9 Å². The maximum absolute atomic E-state index is 2.45. The summed E-state index contributed by atoms with van der Waals surface area (Å²) in [4.78, 5) is 0. The van der Waals surface area contributed by atoms with Crippen molar-refractivity contribution in [2.45, 2.75) is 59.3 Å². The first-order valence-electron chi connectivity index (χ1n) is 5.09. The summed E-state index contributed by atoms with van der Waals surface area (Å²) in [6.45, 7) is 6.84. The van der Waals surface area contributed by atoms with Crippen LogP contribution in [0.2, 0.25) is 0 Å². The molecule has 0 aliphatic heterocycles. The highest BCUT2D eigenvalue weighted by molar-refractivity contribution is 4.65. The van der Waals surface area contributed by atoms with Gasteiger partial charge >= 0.3 is 0 Å². The Kier molecular flexibility index (Phi) is 8.10. The molecule has 0 saturated carbocycles. The number of rotatable bonds is 7. The molecular formula is C11H23. The number of hydrogen-bond donors (Lipinski definition) is 0. The monoisotopic (exact) mass is 155 g/mol. The van der Waals surface area contributed by atoms with Gasteiger partial charge in [0.2, 0.25) is 0 Å². The molecule has 0 N–H and O–H groups in total. The normalized spacial score (nSPS) is 10.9. The van der Waals surface area contributed by atoms with E-state index in [1.807, 2.05) is 0 Å². The molecule has 1 radical (unpaired) electrons. The quantitative estimate of drug-likeness (QED) is 0.483. The van der Waals surface area contributed by atoms with Crippen molar-refractivity contribution in [3.05, 3.63) is 6.42 Å². The SMILES string of the molecule is CCCCC[CH]CCC(C)C. The van der Waals surface area contributed by atoms with Gasteiger partial charge in [-0.3, -0.25) is 0 Å². The van der Waals surface area contributed by atoms with Crippen molar-refractivity contribution < 1.29 is 0 Å². The zero-order valence-corrected chi connectivity index (χ0v) is 8.40. The summed E-state index contributed by atoms with van der Waals surface area (Å²) in [5, 5.41) is 0. The second-order valence-corrected chi connectivity index (χ2v) is 3.76. The average Bonchev–Trinajstić information content (AvgIpc) is 1.96. The molecule has 0 aromatic rings. The predicted octanol–water partition coefficient (Wildman–Crippen LogP) is 4.21. The van der Waals surface area contributed by atoms with E-state index in [4.69, 9.17) is 0 Å². The molecule has 0 spiro atoms. The molecular weight excluding hydrogens is 132 g/mol. The lowest BCUT2D eigenvalue weighted by molar-refractivity contribution is 0.567. The van der Waals surface area contributed by atoms with E-state index in [2.05, 4.69) is 27.2 Å². The van der Waals surface area contributed by atoms with Gasteiger partial charge in [0.25, 0.3) is 0 Å². The van der Waals surface area contributed by atoms with Crippen molar-refractivity contribution in [1.29, 1.82) is 0 Å². The molecule has 0 aliphatic carbocycles. The van der Waals surface area contributed by atoms with Gasteiger partial charge in [-0.25, -0.2) is 0 Å². The van der Waals surface area contributed by atoms with Gasteiger partial charge in [-0.15, -0.1) is 0 Å². The van der Waals surface area contributed by atoms with Crippen LogP contribution < -0.4 is 0 Å². The minimum atomic E-state index is 0.873. The van der Waals surface area contributed by atoms with Crippen LogP contribution in [0.25, 0.3) is 0 Å². The lowest BCUT2D eigenvalue weighted by Crippen LogP contribution is -1.87. The summed E-state index contributed by atoms with van der Waals surface area (Å²) in [7, 11) is 0. The summed E-state index contributed by atoms with van der Waals surface area (Å²) < 4.78 is 0. The van der Waals surface area contributed by atoms with Crippen LogP contribution in [0.3, 0.4) is 0 Å². The summed E-state index contributed by atoms with van der Waals surface area (Å²) in [5.41, 5.74) is 0. The van der Waals surface area contributed by atoms with Crippen LogP contribution in [0.15, 0.2) is 0 Å². The fraction of sp³-hybridized carbons (Fsp3) is 0.909. The number of hydrogen-bond acceptors (Lipinski definition) is 0. The van der Waals surface area contributed by atoms with Crippen molar-refractivity contribution >= 4 is 0 Å². The fourth-order valence-corrected chi connectivity index (χ4v) is 1.13. The zero-order valence-electron chi connectivity index (χ0n) is 8.40. The van der Waals surface area contributed by atoms with Crippen LogP contribution in [0.4, 0.5) is 0 Å². The molecule has 0 aromatic carbocycles. The fourth-order valence-electron chi connectivity index (χ4n) is 1.13. The van der Waals surface area contributed by atoms with E-state index in [9.17, 15) is 0 Å². The van der Waals surface area contributed by atoms with E-state index < -0.39 is 0 Å². The van der Waals surface area contributed by atoms with Gasteiger partial charge in [0.05, 0.1) is 0 Å². The van der Waals surface area contributed by atoms with E-state index in [-0.39, 0.29) is 0 Å². The lowest BCUT2D eigenvalue weighted by atomic mass is 10.0. The summed E-state index contributed by atoms with van der Waals surface area (Å²) in [6, 6.07) is 0. The minimum absolute atomic E-state index is 0.873. The molecule has 0 fully saturated rings. The Bertz CT molecular complexity index is 64.4. The topological polar surface area (TPSA) is 0 Å². The number of unbranched alkanes of at least 4 members (excludes halogenated alkanes) is 5. The molecule has 0 amide bonds. The van der Waals surface area contributed by atoms with Gasteiger partial charge < -0.3 is 0 Å². The highest BCUT2D eigenvalue weighted by atomic mass is 14.0. The van der Waals surface area contributed by atoms with Crippen molar-refractivity contribution in [2.75, 3.05) is 0 Å². The zero-order chi connectivity index (χ0) is 8.53. The molecule has 0 aromatic heterocycles. The molecule has 0 rings (SSSR count).